The van der Waals surface area contributed by atoms with Gasteiger partial charge in [-0.15, -0.1) is 0 Å². The summed E-state index contributed by atoms with van der Waals surface area (Å²) in [5, 5.41) is 7.74. The summed E-state index contributed by atoms with van der Waals surface area (Å²) in [5.74, 6) is 1.67. The third-order valence-corrected chi connectivity index (χ3v) is 3.36. The molecule has 1 heterocycles. The lowest BCUT2D eigenvalue weighted by Crippen LogP contribution is -2.15. The number of halogens is 1. The maximum Gasteiger partial charge on any atom is 0.164 e. The average Bonchev–Trinajstić information content (AvgIpc) is 2.87. The fourth-order valence-electron chi connectivity index (χ4n) is 1.91. The van der Waals surface area contributed by atoms with Crippen molar-refractivity contribution in [2.24, 2.45) is 0 Å². The van der Waals surface area contributed by atoms with Crippen LogP contribution in [0.3, 0.4) is 0 Å². The van der Waals surface area contributed by atoms with Crippen molar-refractivity contribution in [3.8, 4) is 5.75 Å². The Morgan fingerprint density at radius 1 is 1.40 bits per heavy atom. The Balaban J connectivity index is 2.04. The molecule has 0 radical (unpaired) electrons. The Kier molecular flexibility index (Phi) is 5.55. The minimum absolute atomic E-state index is 0.642. The minimum atomic E-state index is 0.642. The first-order valence-electron chi connectivity index (χ1n) is 6.64. The normalized spacial score (nSPS) is 10.8. The molecule has 20 heavy (non-hydrogen) atoms. The molecule has 1 aromatic carbocycles. The number of rotatable bonds is 7. The summed E-state index contributed by atoms with van der Waals surface area (Å²) in [4.78, 5) is 4.30. The van der Waals surface area contributed by atoms with E-state index in [1.807, 2.05) is 22.9 Å². The molecule has 0 aliphatic heterocycles. The van der Waals surface area contributed by atoms with Crippen LogP contribution in [-0.4, -0.2) is 28.4 Å². The van der Waals surface area contributed by atoms with Gasteiger partial charge in [0.05, 0.1) is 20.2 Å². The van der Waals surface area contributed by atoms with Crippen molar-refractivity contribution in [3.63, 3.8) is 0 Å². The third-order valence-electron chi connectivity index (χ3n) is 2.87. The van der Waals surface area contributed by atoms with Crippen molar-refractivity contribution in [3.05, 3.63) is 40.4 Å². The summed E-state index contributed by atoms with van der Waals surface area (Å²) in [6.07, 6.45) is 2.86. The molecule has 5 nitrogen and oxygen atoms in total. The van der Waals surface area contributed by atoms with E-state index < -0.39 is 0 Å². The zero-order chi connectivity index (χ0) is 14.4. The maximum absolute atomic E-state index is 5.36. The van der Waals surface area contributed by atoms with Crippen LogP contribution in [0.1, 0.15) is 24.7 Å². The summed E-state index contributed by atoms with van der Waals surface area (Å²) < 4.78 is 8.22. The minimum Gasteiger partial charge on any atom is -0.496 e. The second-order valence-corrected chi connectivity index (χ2v) is 5.41. The van der Waals surface area contributed by atoms with Crippen molar-refractivity contribution in [2.45, 2.75) is 26.4 Å². The topological polar surface area (TPSA) is 52.0 Å². The monoisotopic (exact) mass is 338 g/mol. The van der Waals surface area contributed by atoms with Gasteiger partial charge in [-0.1, -0.05) is 22.9 Å². The Morgan fingerprint density at radius 2 is 2.25 bits per heavy atom. The molecule has 0 fully saturated rings. The first kappa shape index (κ1) is 15.0. The fourth-order valence-corrected chi connectivity index (χ4v) is 2.32. The number of aromatic nitrogens is 3. The van der Waals surface area contributed by atoms with Crippen LogP contribution in [0.5, 0.6) is 5.75 Å². The van der Waals surface area contributed by atoms with Crippen molar-refractivity contribution in [2.75, 3.05) is 13.7 Å². The lowest BCUT2D eigenvalue weighted by molar-refractivity contribution is 0.407. The lowest BCUT2D eigenvalue weighted by atomic mass is 10.2. The van der Waals surface area contributed by atoms with Crippen LogP contribution in [0.4, 0.5) is 0 Å². The van der Waals surface area contributed by atoms with Gasteiger partial charge in [-0.05, 0) is 31.2 Å². The predicted molar refractivity (Wildman–Crippen MR) is 81.8 cm³/mol. The molecule has 0 bridgehead atoms. The molecular weight excluding hydrogens is 320 g/mol. The van der Waals surface area contributed by atoms with Crippen LogP contribution < -0.4 is 10.1 Å². The van der Waals surface area contributed by atoms with Gasteiger partial charge in [0.15, 0.2) is 5.82 Å². The standard InChI is InChI=1S/C14H19BrN4O/c1-3-6-16-8-14-17-10-19(18-14)9-11-7-12(15)4-5-13(11)20-2/h4-5,7,10,16H,3,6,8-9H2,1-2H3. The predicted octanol–water partition coefficient (Wildman–Crippen LogP) is 2.60. The van der Waals surface area contributed by atoms with Crippen molar-refractivity contribution < 1.29 is 4.74 Å². The van der Waals surface area contributed by atoms with Crippen LogP contribution in [-0.2, 0) is 13.1 Å². The van der Waals surface area contributed by atoms with Crippen LogP contribution in [0, 0.1) is 0 Å². The number of benzene rings is 1. The first-order valence-corrected chi connectivity index (χ1v) is 7.43. The fraction of sp³-hybridized carbons (Fsp3) is 0.429. The van der Waals surface area contributed by atoms with Gasteiger partial charge in [0.2, 0.25) is 0 Å². The van der Waals surface area contributed by atoms with Crippen LogP contribution >= 0.6 is 15.9 Å². The highest BCUT2D eigenvalue weighted by molar-refractivity contribution is 9.10. The largest absolute Gasteiger partial charge is 0.496 e. The number of hydrogen-bond donors (Lipinski definition) is 1. The highest BCUT2D eigenvalue weighted by Crippen LogP contribution is 2.23. The molecule has 6 heteroatoms. The molecule has 0 saturated carbocycles. The van der Waals surface area contributed by atoms with E-state index >= 15 is 0 Å². The zero-order valence-corrected chi connectivity index (χ0v) is 13.4. The highest BCUT2D eigenvalue weighted by atomic mass is 79.9. The zero-order valence-electron chi connectivity index (χ0n) is 11.8. The number of nitrogens with one attached hydrogen (secondary N) is 1. The number of methoxy groups -OCH3 is 1. The van der Waals surface area contributed by atoms with Crippen molar-refractivity contribution >= 4 is 15.9 Å². The molecule has 1 aromatic heterocycles. The molecule has 0 unspecified atom stereocenters. The van der Waals surface area contributed by atoms with Crippen molar-refractivity contribution in [1.29, 1.82) is 0 Å². The Morgan fingerprint density at radius 3 is 3.00 bits per heavy atom. The highest BCUT2D eigenvalue weighted by Gasteiger charge is 2.06. The molecule has 0 spiro atoms. The van der Waals surface area contributed by atoms with Gasteiger partial charge in [-0.2, -0.15) is 5.10 Å². The van der Waals surface area contributed by atoms with Gasteiger partial charge in [0, 0.05) is 10.0 Å². The summed E-state index contributed by atoms with van der Waals surface area (Å²) in [5.41, 5.74) is 1.07. The summed E-state index contributed by atoms with van der Waals surface area (Å²) in [6, 6.07) is 5.94. The van der Waals surface area contributed by atoms with E-state index in [9.17, 15) is 0 Å². The molecule has 0 saturated heterocycles. The molecule has 108 valence electrons. The van der Waals surface area contributed by atoms with Gasteiger partial charge in [-0.3, -0.25) is 0 Å². The Hall–Kier alpha value is -1.40. The third kappa shape index (κ3) is 4.05. The molecule has 0 amide bonds. The smallest absolute Gasteiger partial charge is 0.164 e. The molecule has 0 aliphatic carbocycles. The van der Waals surface area contributed by atoms with Gasteiger partial charge in [-0.25, -0.2) is 9.67 Å². The van der Waals surface area contributed by atoms with E-state index in [1.165, 1.54) is 0 Å². The average molecular weight is 339 g/mol. The summed E-state index contributed by atoms with van der Waals surface area (Å²) >= 11 is 3.48. The lowest BCUT2D eigenvalue weighted by Gasteiger charge is -2.08. The van der Waals surface area contributed by atoms with Crippen LogP contribution in [0.15, 0.2) is 29.0 Å². The number of nitrogens with zero attached hydrogens (tertiary/aromatic N) is 3. The van der Waals surface area contributed by atoms with Gasteiger partial charge >= 0.3 is 0 Å². The van der Waals surface area contributed by atoms with Crippen LogP contribution in [0.2, 0.25) is 0 Å². The van der Waals surface area contributed by atoms with Gasteiger partial charge in [0.25, 0.3) is 0 Å². The first-order chi connectivity index (χ1) is 9.72. The van der Waals surface area contributed by atoms with E-state index in [1.54, 1.807) is 13.4 Å². The van der Waals surface area contributed by atoms with Crippen LogP contribution in [0.25, 0.3) is 0 Å². The Labute approximate surface area is 127 Å². The molecule has 2 aromatic rings. The second kappa shape index (κ2) is 7.40. The SMILES string of the molecule is CCCNCc1ncn(Cc2cc(Br)ccc2OC)n1. The van der Waals surface area contributed by atoms with E-state index in [0.717, 1.165) is 34.6 Å². The van der Waals surface area contributed by atoms with Crippen molar-refractivity contribution in [1.82, 2.24) is 20.1 Å². The molecule has 0 atom stereocenters. The van der Waals surface area contributed by atoms with E-state index in [2.05, 4.69) is 38.3 Å². The quantitative estimate of drug-likeness (QED) is 0.788. The van der Waals surface area contributed by atoms with E-state index in [-0.39, 0.29) is 0 Å². The van der Waals surface area contributed by atoms with Gasteiger partial charge in [0.1, 0.15) is 12.1 Å². The molecule has 1 N–H and O–H groups in total. The maximum atomic E-state index is 5.36. The molecule has 2 rings (SSSR count). The number of hydrogen-bond acceptors (Lipinski definition) is 4. The van der Waals surface area contributed by atoms with E-state index in [0.29, 0.717) is 13.1 Å². The van der Waals surface area contributed by atoms with E-state index in [4.69, 9.17) is 4.74 Å². The van der Waals surface area contributed by atoms with Gasteiger partial charge < -0.3 is 10.1 Å². The number of ether oxygens (including phenoxy) is 1. The molecule has 0 aliphatic rings. The second-order valence-electron chi connectivity index (χ2n) is 4.49. The summed E-state index contributed by atoms with van der Waals surface area (Å²) in [6.45, 7) is 4.46. The Bertz CT molecular complexity index is 556. The summed E-state index contributed by atoms with van der Waals surface area (Å²) in [7, 11) is 1.67. The molecular formula is C14H19BrN4O.